The van der Waals surface area contributed by atoms with Crippen LogP contribution in [0.15, 0.2) is 71.9 Å². The van der Waals surface area contributed by atoms with Gasteiger partial charge in [0.05, 0.1) is 11.9 Å². The summed E-state index contributed by atoms with van der Waals surface area (Å²) in [6, 6.07) is 19.6. The molecule has 0 N–H and O–H groups in total. The van der Waals surface area contributed by atoms with E-state index in [1.165, 1.54) is 18.3 Å². The van der Waals surface area contributed by atoms with Crippen molar-refractivity contribution < 1.29 is 14.0 Å². The number of carbonyl (C=O) groups excluding carboxylic acids is 1. The minimum atomic E-state index is -0.313. The highest BCUT2D eigenvalue weighted by Crippen LogP contribution is 2.26. The number of fused-ring (bicyclic) bond motifs is 1. The van der Waals surface area contributed by atoms with Crippen LogP contribution < -0.4 is 4.90 Å². The third-order valence-corrected chi connectivity index (χ3v) is 4.01. The van der Waals surface area contributed by atoms with Crippen LogP contribution in [0.3, 0.4) is 0 Å². The second-order valence-electron chi connectivity index (χ2n) is 5.70. The van der Waals surface area contributed by atoms with Crippen molar-refractivity contribution in [2.45, 2.75) is 6.92 Å². The van der Waals surface area contributed by atoms with E-state index < -0.39 is 0 Å². The van der Waals surface area contributed by atoms with Crippen molar-refractivity contribution in [2.24, 2.45) is 5.16 Å². The number of carbonyl (C=O) groups is 1. The van der Waals surface area contributed by atoms with Crippen molar-refractivity contribution in [3.63, 3.8) is 0 Å². The zero-order chi connectivity index (χ0) is 18.4. The van der Waals surface area contributed by atoms with Crippen LogP contribution in [0.4, 0.5) is 10.1 Å². The van der Waals surface area contributed by atoms with Crippen molar-refractivity contribution in [3.8, 4) is 0 Å². The molecule has 4 nitrogen and oxygen atoms in total. The van der Waals surface area contributed by atoms with E-state index in [1.807, 2.05) is 49.4 Å². The summed E-state index contributed by atoms with van der Waals surface area (Å²) in [6.45, 7) is 2.27. The van der Waals surface area contributed by atoms with Crippen LogP contribution in [-0.4, -0.2) is 25.3 Å². The van der Waals surface area contributed by atoms with Gasteiger partial charge in [0, 0.05) is 11.9 Å². The normalized spacial score (nSPS) is 11.0. The number of amides is 1. The highest BCUT2D eigenvalue weighted by atomic mass is 19.1. The number of benzene rings is 3. The zero-order valence-corrected chi connectivity index (χ0v) is 14.4. The van der Waals surface area contributed by atoms with E-state index in [1.54, 1.807) is 17.0 Å². The molecule has 0 aliphatic rings. The van der Waals surface area contributed by atoms with Gasteiger partial charge in [0.25, 0.3) is 5.91 Å². The smallest absolute Gasteiger partial charge is 0.267 e. The molecule has 0 heterocycles. The Morgan fingerprint density at radius 2 is 1.81 bits per heavy atom. The van der Waals surface area contributed by atoms with Gasteiger partial charge in [-0.05, 0) is 36.1 Å². The molecule has 3 aromatic rings. The summed E-state index contributed by atoms with van der Waals surface area (Å²) in [5.74, 6) is -0.493. The van der Waals surface area contributed by atoms with E-state index in [0.717, 1.165) is 16.5 Å². The molecule has 3 aromatic carbocycles. The Morgan fingerprint density at radius 3 is 2.58 bits per heavy atom. The van der Waals surface area contributed by atoms with Gasteiger partial charge in [0.2, 0.25) is 0 Å². The van der Waals surface area contributed by atoms with E-state index in [-0.39, 0.29) is 18.3 Å². The fourth-order valence-electron chi connectivity index (χ4n) is 2.74. The molecule has 0 aromatic heterocycles. The van der Waals surface area contributed by atoms with E-state index in [4.69, 9.17) is 4.84 Å². The average molecular weight is 350 g/mol. The fourth-order valence-corrected chi connectivity index (χ4v) is 2.74. The van der Waals surface area contributed by atoms with E-state index in [0.29, 0.717) is 12.1 Å². The number of hydrogen-bond donors (Lipinski definition) is 0. The molecule has 0 radical (unpaired) electrons. The third-order valence-electron chi connectivity index (χ3n) is 4.01. The zero-order valence-electron chi connectivity index (χ0n) is 14.4. The average Bonchev–Trinajstić information content (AvgIpc) is 2.67. The third kappa shape index (κ3) is 4.06. The second kappa shape index (κ2) is 8.25. The van der Waals surface area contributed by atoms with Crippen molar-refractivity contribution in [1.29, 1.82) is 0 Å². The minimum absolute atomic E-state index is 0.172. The Morgan fingerprint density at radius 1 is 1.08 bits per heavy atom. The van der Waals surface area contributed by atoms with Crippen molar-refractivity contribution >= 4 is 28.6 Å². The Kier molecular flexibility index (Phi) is 5.59. The summed E-state index contributed by atoms with van der Waals surface area (Å²) >= 11 is 0. The monoisotopic (exact) mass is 350 g/mol. The Hall–Kier alpha value is -3.21. The summed E-state index contributed by atoms with van der Waals surface area (Å²) in [5, 5.41) is 5.88. The van der Waals surface area contributed by atoms with Crippen molar-refractivity contribution in [3.05, 3.63) is 78.1 Å². The maximum atomic E-state index is 12.9. The number of oxime groups is 1. The van der Waals surface area contributed by atoms with Gasteiger partial charge in [0.15, 0.2) is 6.61 Å². The van der Waals surface area contributed by atoms with Gasteiger partial charge < -0.3 is 9.74 Å². The molecule has 0 aliphatic carbocycles. The van der Waals surface area contributed by atoms with Gasteiger partial charge in [-0.3, -0.25) is 4.79 Å². The number of anilines is 1. The Balaban J connectivity index is 1.68. The molecule has 0 fully saturated rings. The summed E-state index contributed by atoms with van der Waals surface area (Å²) < 4.78 is 12.9. The predicted molar refractivity (Wildman–Crippen MR) is 102 cm³/mol. The second-order valence-corrected chi connectivity index (χ2v) is 5.70. The van der Waals surface area contributed by atoms with Crippen LogP contribution in [0.5, 0.6) is 0 Å². The van der Waals surface area contributed by atoms with Crippen LogP contribution in [-0.2, 0) is 9.63 Å². The lowest BCUT2D eigenvalue weighted by Gasteiger charge is -2.22. The summed E-state index contributed by atoms with van der Waals surface area (Å²) in [5.41, 5.74) is 1.54. The van der Waals surface area contributed by atoms with Crippen LogP contribution in [0.25, 0.3) is 10.8 Å². The number of nitrogens with zero attached hydrogens (tertiary/aromatic N) is 2. The van der Waals surface area contributed by atoms with Crippen molar-refractivity contribution in [2.75, 3.05) is 18.1 Å². The van der Waals surface area contributed by atoms with Gasteiger partial charge in [-0.25, -0.2) is 4.39 Å². The Bertz CT molecular complexity index is 917. The van der Waals surface area contributed by atoms with Crippen molar-refractivity contribution in [1.82, 2.24) is 0 Å². The predicted octanol–water partition coefficient (Wildman–Crippen LogP) is 4.38. The highest BCUT2D eigenvalue weighted by Gasteiger charge is 2.16. The van der Waals surface area contributed by atoms with Crippen LogP contribution in [0.1, 0.15) is 12.5 Å². The van der Waals surface area contributed by atoms with Gasteiger partial charge in [-0.15, -0.1) is 0 Å². The fraction of sp³-hybridized carbons (Fsp3) is 0.143. The molecule has 1 amide bonds. The van der Waals surface area contributed by atoms with E-state index >= 15 is 0 Å². The largest absolute Gasteiger partial charge is 0.386 e. The van der Waals surface area contributed by atoms with Gasteiger partial charge in [0.1, 0.15) is 5.82 Å². The molecule has 0 aliphatic heterocycles. The first-order chi connectivity index (χ1) is 12.7. The SMILES string of the molecule is CCN(C(=O)CO/N=C/c1ccc(F)cc1)c1cccc2ccccc12. The molecule has 0 atom stereocenters. The molecule has 0 saturated carbocycles. The molecular formula is C21H19FN2O2. The first-order valence-corrected chi connectivity index (χ1v) is 8.38. The number of rotatable bonds is 6. The number of likely N-dealkylation sites (N-methyl/N-ethyl adjacent to an activating group) is 1. The van der Waals surface area contributed by atoms with E-state index in [2.05, 4.69) is 5.16 Å². The Labute approximate surface area is 151 Å². The summed E-state index contributed by atoms with van der Waals surface area (Å²) in [6.07, 6.45) is 1.45. The lowest BCUT2D eigenvalue weighted by Crippen LogP contribution is -2.33. The quantitative estimate of drug-likeness (QED) is 0.489. The topological polar surface area (TPSA) is 41.9 Å². The number of halogens is 1. The molecule has 0 bridgehead atoms. The molecule has 0 spiro atoms. The summed E-state index contributed by atoms with van der Waals surface area (Å²) in [7, 11) is 0. The first kappa shape index (κ1) is 17.6. The molecule has 26 heavy (non-hydrogen) atoms. The lowest BCUT2D eigenvalue weighted by molar-refractivity contribution is -0.123. The molecule has 5 heteroatoms. The molecule has 132 valence electrons. The minimum Gasteiger partial charge on any atom is -0.386 e. The maximum Gasteiger partial charge on any atom is 0.267 e. The van der Waals surface area contributed by atoms with Crippen LogP contribution in [0.2, 0.25) is 0 Å². The van der Waals surface area contributed by atoms with Gasteiger partial charge in [-0.1, -0.05) is 53.7 Å². The van der Waals surface area contributed by atoms with Crippen LogP contribution >= 0.6 is 0 Å². The van der Waals surface area contributed by atoms with Gasteiger partial charge in [-0.2, -0.15) is 0 Å². The summed E-state index contributed by atoms with van der Waals surface area (Å²) in [4.78, 5) is 19.4. The lowest BCUT2D eigenvalue weighted by atomic mass is 10.1. The first-order valence-electron chi connectivity index (χ1n) is 8.38. The molecule has 0 unspecified atom stereocenters. The maximum absolute atomic E-state index is 12.9. The molecular weight excluding hydrogens is 331 g/mol. The molecule has 3 rings (SSSR count). The van der Waals surface area contributed by atoms with Crippen LogP contribution in [0, 0.1) is 5.82 Å². The standard InChI is InChI=1S/C21H19FN2O2/c1-2-24(20-9-5-7-17-6-3-4-8-19(17)20)21(25)15-26-23-14-16-10-12-18(22)13-11-16/h3-14H,2,15H2,1H3/b23-14+. The van der Waals surface area contributed by atoms with Gasteiger partial charge >= 0.3 is 0 Å². The highest BCUT2D eigenvalue weighted by molar-refractivity contribution is 6.04. The number of hydrogen-bond acceptors (Lipinski definition) is 3. The van der Waals surface area contributed by atoms with E-state index in [9.17, 15) is 9.18 Å². The molecule has 0 saturated heterocycles.